The topological polar surface area (TPSA) is 26.3 Å². The molecule has 0 atom stereocenters. The summed E-state index contributed by atoms with van der Waals surface area (Å²) >= 11 is 0. The number of aryl methyl sites for hydroxylation is 2. The molecule has 0 bridgehead atoms. The van der Waals surface area contributed by atoms with Gasteiger partial charge < -0.3 is 4.74 Å². The van der Waals surface area contributed by atoms with Gasteiger partial charge in [-0.3, -0.25) is 4.79 Å². The van der Waals surface area contributed by atoms with E-state index in [4.69, 9.17) is 4.74 Å². The first-order chi connectivity index (χ1) is 14.1. The van der Waals surface area contributed by atoms with Gasteiger partial charge in [0.05, 0.1) is 5.92 Å². The minimum atomic E-state index is -0.0496. The summed E-state index contributed by atoms with van der Waals surface area (Å²) in [6.07, 6.45) is 10.5. The highest BCUT2D eigenvalue weighted by Crippen LogP contribution is 2.33. The highest BCUT2D eigenvalue weighted by Gasteiger charge is 2.27. The first kappa shape index (κ1) is 21.6. The molecule has 2 nitrogen and oxygen atoms in total. The number of hydrogen-bond acceptors (Lipinski definition) is 2. The Labute approximate surface area is 176 Å². The monoisotopic (exact) mass is 392 g/mol. The van der Waals surface area contributed by atoms with Crippen molar-refractivity contribution >= 4 is 5.97 Å². The summed E-state index contributed by atoms with van der Waals surface area (Å²) in [4.78, 5) is 12.6. The fraction of sp³-hybridized carbons (Fsp3) is 0.519. The molecule has 1 saturated carbocycles. The average Bonchev–Trinajstić information content (AvgIpc) is 2.74. The van der Waals surface area contributed by atoms with E-state index in [9.17, 15) is 4.79 Å². The second-order valence-corrected chi connectivity index (χ2v) is 8.70. The van der Waals surface area contributed by atoms with Gasteiger partial charge >= 0.3 is 5.97 Å². The van der Waals surface area contributed by atoms with E-state index in [1.807, 2.05) is 12.1 Å². The molecule has 2 aromatic rings. The van der Waals surface area contributed by atoms with Gasteiger partial charge in [-0.25, -0.2) is 0 Å². The second-order valence-electron chi connectivity index (χ2n) is 8.70. The van der Waals surface area contributed by atoms with E-state index >= 15 is 0 Å². The predicted octanol–water partition coefficient (Wildman–Crippen LogP) is 7.52. The summed E-state index contributed by atoms with van der Waals surface area (Å²) in [5.74, 6) is 1.49. The lowest BCUT2D eigenvalue weighted by atomic mass is 9.80. The van der Waals surface area contributed by atoms with Gasteiger partial charge in [-0.1, -0.05) is 69.9 Å². The molecule has 1 fully saturated rings. The number of ether oxygens (including phenoxy) is 1. The Kier molecular flexibility index (Phi) is 7.91. The minimum absolute atomic E-state index is 0.0496. The molecule has 156 valence electrons. The van der Waals surface area contributed by atoms with Crippen LogP contribution in [0.15, 0.2) is 42.5 Å². The van der Waals surface area contributed by atoms with Gasteiger partial charge in [0.1, 0.15) is 5.75 Å². The zero-order valence-electron chi connectivity index (χ0n) is 18.4. The van der Waals surface area contributed by atoms with Gasteiger partial charge in [0, 0.05) is 0 Å². The average molecular weight is 393 g/mol. The molecule has 0 amide bonds. The second kappa shape index (κ2) is 10.6. The first-order valence-electron chi connectivity index (χ1n) is 11.5. The van der Waals surface area contributed by atoms with Crippen LogP contribution in [-0.2, 0) is 11.2 Å². The normalized spacial score (nSPS) is 19.1. The van der Waals surface area contributed by atoms with E-state index in [-0.39, 0.29) is 11.9 Å². The Morgan fingerprint density at radius 1 is 0.931 bits per heavy atom. The van der Waals surface area contributed by atoms with Crippen molar-refractivity contribution in [1.82, 2.24) is 0 Å². The molecular weight excluding hydrogens is 356 g/mol. The van der Waals surface area contributed by atoms with Gasteiger partial charge in [0.15, 0.2) is 0 Å². The maximum absolute atomic E-state index is 12.6. The van der Waals surface area contributed by atoms with Crippen molar-refractivity contribution in [3.05, 3.63) is 53.6 Å². The van der Waals surface area contributed by atoms with Crippen LogP contribution >= 0.6 is 0 Å². The van der Waals surface area contributed by atoms with Gasteiger partial charge in [-0.15, -0.1) is 0 Å². The molecule has 0 radical (unpaired) electrons. The minimum Gasteiger partial charge on any atom is -0.426 e. The molecule has 0 aromatic heterocycles. The summed E-state index contributed by atoms with van der Waals surface area (Å²) in [5, 5.41) is 0. The lowest BCUT2D eigenvalue weighted by Gasteiger charge is -2.27. The van der Waals surface area contributed by atoms with E-state index < -0.39 is 0 Å². The molecule has 0 aliphatic heterocycles. The number of carbonyl (C=O) groups excluding carboxylic acids is 1. The standard InChI is InChI=1S/C27H36O2/c1-4-6-8-21-9-11-24(12-10-21)27(28)29-26-17-15-23(16-18-26)25-14-13-22(7-5-2)20(3)19-25/h13-19,21,24H,4-12H2,1-3H3. The number of unbranched alkanes of at least 4 members (excludes halogenated alkanes) is 1. The Balaban J connectivity index is 1.55. The molecule has 3 rings (SSSR count). The lowest BCUT2D eigenvalue weighted by Crippen LogP contribution is -2.25. The van der Waals surface area contributed by atoms with Crippen LogP contribution < -0.4 is 4.74 Å². The van der Waals surface area contributed by atoms with Gasteiger partial charge in [-0.2, -0.15) is 0 Å². The van der Waals surface area contributed by atoms with E-state index in [1.54, 1.807) is 0 Å². The summed E-state index contributed by atoms with van der Waals surface area (Å²) in [7, 11) is 0. The summed E-state index contributed by atoms with van der Waals surface area (Å²) in [6, 6.07) is 14.6. The van der Waals surface area contributed by atoms with Crippen LogP contribution in [0.3, 0.4) is 0 Å². The summed E-state index contributed by atoms with van der Waals surface area (Å²) < 4.78 is 5.70. The molecule has 1 aliphatic rings. The highest BCUT2D eigenvalue weighted by atomic mass is 16.5. The largest absolute Gasteiger partial charge is 0.426 e. The van der Waals surface area contributed by atoms with E-state index in [2.05, 4.69) is 51.1 Å². The quantitative estimate of drug-likeness (QED) is 0.343. The molecule has 0 heterocycles. The zero-order chi connectivity index (χ0) is 20.6. The van der Waals surface area contributed by atoms with Gasteiger partial charge in [-0.05, 0) is 79.3 Å². The van der Waals surface area contributed by atoms with Crippen molar-refractivity contribution in [3.63, 3.8) is 0 Å². The van der Waals surface area contributed by atoms with E-state index in [0.29, 0.717) is 5.75 Å². The lowest BCUT2D eigenvalue weighted by molar-refractivity contribution is -0.140. The predicted molar refractivity (Wildman–Crippen MR) is 121 cm³/mol. The van der Waals surface area contributed by atoms with Crippen molar-refractivity contribution < 1.29 is 9.53 Å². The number of benzene rings is 2. The molecule has 0 unspecified atom stereocenters. The zero-order valence-corrected chi connectivity index (χ0v) is 18.4. The molecule has 0 N–H and O–H groups in total. The maximum Gasteiger partial charge on any atom is 0.314 e. The number of hydrogen-bond donors (Lipinski definition) is 0. The van der Waals surface area contributed by atoms with Crippen LogP contribution in [0.4, 0.5) is 0 Å². The Morgan fingerprint density at radius 2 is 1.62 bits per heavy atom. The van der Waals surface area contributed by atoms with Crippen molar-refractivity contribution in [2.24, 2.45) is 11.8 Å². The van der Waals surface area contributed by atoms with Crippen LogP contribution in [0.2, 0.25) is 0 Å². The SMILES string of the molecule is CCCCC1CCC(C(=O)Oc2ccc(-c3ccc(CCC)c(C)c3)cc2)CC1. The molecule has 1 aliphatic carbocycles. The molecule has 0 saturated heterocycles. The smallest absolute Gasteiger partial charge is 0.314 e. The summed E-state index contributed by atoms with van der Waals surface area (Å²) in [5.41, 5.74) is 5.14. The van der Waals surface area contributed by atoms with Crippen LogP contribution in [0.5, 0.6) is 5.75 Å². The number of esters is 1. The third-order valence-corrected chi connectivity index (χ3v) is 6.41. The fourth-order valence-corrected chi connectivity index (χ4v) is 4.52. The van der Waals surface area contributed by atoms with Gasteiger partial charge in [0.25, 0.3) is 0 Å². The molecule has 2 aromatic carbocycles. The van der Waals surface area contributed by atoms with Crippen molar-refractivity contribution in [2.75, 3.05) is 0 Å². The number of carbonyl (C=O) groups is 1. The Hall–Kier alpha value is -2.09. The van der Waals surface area contributed by atoms with E-state index in [1.165, 1.54) is 55.2 Å². The third kappa shape index (κ3) is 5.95. The Morgan fingerprint density at radius 3 is 2.24 bits per heavy atom. The molecule has 29 heavy (non-hydrogen) atoms. The fourth-order valence-electron chi connectivity index (χ4n) is 4.52. The first-order valence-corrected chi connectivity index (χ1v) is 11.5. The number of rotatable bonds is 8. The van der Waals surface area contributed by atoms with Crippen molar-refractivity contribution in [1.29, 1.82) is 0 Å². The Bertz CT molecular complexity index is 783. The van der Waals surface area contributed by atoms with Crippen molar-refractivity contribution in [2.45, 2.75) is 78.6 Å². The molecular formula is C27H36O2. The van der Waals surface area contributed by atoms with E-state index in [0.717, 1.165) is 30.7 Å². The highest BCUT2D eigenvalue weighted by molar-refractivity contribution is 5.75. The maximum atomic E-state index is 12.6. The van der Waals surface area contributed by atoms with Gasteiger partial charge in [0.2, 0.25) is 0 Å². The van der Waals surface area contributed by atoms with Crippen LogP contribution in [-0.4, -0.2) is 5.97 Å². The third-order valence-electron chi connectivity index (χ3n) is 6.41. The van der Waals surface area contributed by atoms with Crippen molar-refractivity contribution in [3.8, 4) is 16.9 Å². The van der Waals surface area contributed by atoms with Crippen LogP contribution in [0.25, 0.3) is 11.1 Å². The molecule has 2 heteroatoms. The van der Waals surface area contributed by atoms with Crippen LogP contribution in [0, 0.1) is 18.8 Å². The molecule has 0 spiro atoms. The van der Waals surface area contributed by atoms with Crippen LogP contribution in [0.1, 0.15) is 76.3 Å². The summed E-state index contributed by atoms with van der Waals surface area (Å²) in [6.45, 7) is 6.64.